The normalized spacial score (nSPS) is 18.5. The summed E-state index contributed by atoms with van der Waals surface area (Å²) in [5.41, 5.74) is 5.54. The van der Waals surface area contributed by atoms with Gasteiger partial charge in [0.2, 0.25) is 0 Å². The Morgan fingerprint density at radius 1 is 1.09 bits per heavy atom. The standard InChI is InChI=1S/C21H26O/c1-14(2)18-11-10-17-9-8-16(13-20(17)18)12-15(3)19-6-4-5-7-21(19)22/h4-9,13-15,18,22H,10-12H2,1-3H3. The predicted octanol–water partition coefficient (Wildman–Crippen LogP) is 5.42. The van der Waals surface area contributed by atoms with Crippen molar-refractivity contribution >= 4 is 0 Å². The number of aryl methyl sites for hydroxylation is 1. The molecular formula is C21H26O. The third-order valence-corrected chi connectivity index (χ3v) is 5.15. The van der Waals surface area contributed by atoms with Gasteiger partial charge in [0.05, 0.1) is 0 Å². The molecule has 3 rings (SSSR count). The lowest BCUT2D eigenvalue weighted by molar-refractivity contribution is 0.462. The van der Waals surface area contributed by atoms with Crippen LogP contribution >= 0.6 is 0 Å². The monoisotopic (exact) mass is 294 g/mol. The highest BCUT2D eigenvalue weighted by Gasteiger charge is 2.25. The highest BCUT2D eigenvalue weighted by Crippen LogP contribution is 2.39. The van der Waals surface area contributed by atoms with E-state index in [9.17, 15) is 5.11 Å². The van der Waals surface area contributed by atoms with Crippen molar-refractivity contribution in [1.82, 2.24) is 0 Å². The summed E-state index contributed by atoms with van der Waals surface area (Å²) in [6, 6.07) is 14.7. The predicted molar refractivity (Wildman–Crippen MR) is 92.6 cm³/mol. The number of aromatic hydroxyl groups is 1. The lowest BCUT2D eigenvalue weighted by Crippen LogP contribution is -2.04. The number of para-hydroxylation sites is 1. The first-order chi connectivity index (χ1) is 10.6. The molecule has 2 aromatic carbocycles. The van der Waals surface area contributed by atoms with Gasteiger partial charge in [-0.25, -0.2) is 0 Å². The van der Waals surface area contributed by atoms with Crippen LogP contribution in [0.4, 0.5) is 0 Å². The van der Waals surface area contributed by atoms with E-state index in [-0.39, 0.29) is 0 Å². The second-order valence-corrected chi connectivity index (χ2v) is 7.09. The van der Waals surface area contributed by atoms with Crippen LogP contribution in [0.3, 0.4) is 0 Å². The summed E-state index contributed by atoms with van der Waals surface area (Å²) in [6.07, 6.45) is 3.51. The lowest BCUT2D eigenvalue weighted by Gasteiger charge is -2.18. The minimum absolute atomic E-state index is 0.332. The van der Waals surface area contributed by atoms with Crippen LogP contribution in [0.1, 0.15) is 61.3 Å². The molecule has 0 fully saturated rings. The molecule has 22 heavy (non-hydrogen) atoms. The first kappa shape index (κ1) is 15.1. The fourth-order valence-corrected chi connectivity index (χ4v) is 3.87. The van der Waals surface area contributed by atoms with Gasteiger partial charge >= 0.3 is 0 Å². The van der Waals surface area contributed by atoms with Crippen molar-refractivity contribution in [2.45, 2.75) is 51.9 Å². The molecule has 0 bridgehead atoms. The van der Waals surface area contributed by atoms with Crippen LogP contribution in [0.25, 0.3) is 0 Å². The van der Waals surface area contributed by atoms with Crippen molar-refractivity contribution in [3.8, 4) is 5.75 Å². The Labute approximate surface area is 134 Å². The van der Waals surface area contributed by atoms with Crippen molar-refractivity contribution in [2.75, 3.05) is 0 Å². The lowest BCUT2D eigenvalue weighted by atomic mass is 9.87. The van der Waals surface area contributed by atoms with E-state index < -0.39 is 0 Å². The van der Waals surface area contributed by atoms with Gasteiger partial charge in [-0.15, -0.1) is 0 Å². The van der Waals surface area contributed by atoms with E-state index >= 15 is 0 Å². The zero-order chi connectivity index (χ0) is 15.7. The number of fused-ring (bicyclic) bond motifs is 1. The van der Waals surface area contributed by atoms with Crippen molar-refractivity contribution < 1.29 is 5.11 Å². The smallest absolute Gasteiger partial charge is 0.119 e. The summed E-state index contributed by atoms with van der Waals surface area (Å²) in [6.45, 7) is 6.86. The first-order valence-corrected chi connectivity index (χ1v) is 8.46. The summed E-state index contributed by atoms with van der Waals surface area (Å²) >= 11 is 0. The minimum atomic E-state index is 0.332. The van der Waals surface area contributed by atoms with Gasteiger partial charge < -0.3 is 5.11 Å². The van der Waals surface area contributed by atoms with Crippen molar-refractivity contribution in [3.63, 3.8) is 0 Å². The molecule has 0 aliphatic heterocycles. The highest BCUT2D eigenvalue weighted by molar-refractivity contribution is 5.40. The topological polar surface area (TPSA) is 20.2 Å². The first-order valence-electron chi connectivity index (χ1n) is 8.46. The molecule has 1 aliphatic rings. The van der Waals surface area contributed by atoms with Crippen LogP contribution < -0.4 is 0 Å². The molecule has 0 spiro atoms. The van der Waals surface area contributed by atoms with Crippen LogP contribution in [-0.4, -0.2) is 5.11 Å². The summed E-state index contributed by atoms with van der Waals surface area (Å²) in [5.74, 6) is 2.18. The van der Waals surface area contributed by atoms with Crippen molar-refractivity contribution in [3.05, 3.63) is 64.7 Å². The molecule has 1 N–H and O–H groups in total. The zero-order valence-electron chi connectivity index (χ0n) is 13.8. The van der Waals surface area contributed by atoms with Crippen molar-refractivity contribution in [1.29, 1.82) is 0 Å². The molecule has 1 heteroatoms. The largest absolute Gasteiger partial charge is 0.508 e. The van der Waals surface area contributed by atoms with Crippen LogP contribution in [0.15, 0.2) is 42.5 Å². The number of hydrogen-bond acceptors (Lipinski definition) is 1. The number of rotatable bonds is 4. The van der Waals surface area contributed by atoms with Crippen LogP contribution in [-0.2, 0) is 12.8 Å². The zero-order valence-corrected chi connectivity index (χ0v) is 13.8. The summed E-state index contributed by atoms with van der Waals surface area (Å²) in [5, 5.41) is 10.0. The van der Waals surface area contributed by atoms with E-state index in [1.54, 1.807) is 11.6 Å². The Morgan fingerprint density at radius 2 is 1.86 bits per heavy atom. The Bertz CT molecular complexity index is 657. The van der Waals surface area contributed by atoms with Gasteiger partial charge in [0, 0.05) is 0 Å². The molecule has 1 aliphatic carbocycles. The second-order valence-electron chi connectivity index (χ2n) is 7.09. The van der Waals surface area contributed by atoms with Gasteiger partial charge in [-0.2, -0.15) is 0 Å². The Kier molecular flexibility index (Phi) is 4.24. The molecular weight excluding hydrogens is 268 g/mol. The summed E-state index contributed by atoms with van der Waals surface area (Å²) in [4.78, 5) is 0. The van der Waals surface area contributed by atoms with Crippen LogP contribution in [0.2, 0.25) is 0 Å². The highest BCUT2D eigenvalue weighted by atomic mass is 16.3. The summed E-state index contributed by atoms with van der Waals surface area (Å²) in [7, 11) is 0. The maximum atomic E-state index is 10.0. The average molecular weight is 294 g/mol. The van der Waals surface area contributed by atoms with Gasteiger partial charge in [-0.05, 0) is 65.3 Å². The van der Waals surface area contributed by atoms with Crippen molar-refractivity contribution in [2.24, 2.45) is 5.92 Å². The van der Waals surface area contributed by atoms with Gasteiger partial charge in [0.25, 0.3) is 0 Å². The number of phenolic OH excluding ortho intramolecular Hbond substituents is 1. The van der Waals surface area contributed by atoms with E-state index in [0.29, 0.717) is 17.6 Å². The number of phenols is 1. The molecule has 2 atom stereocenters. The van der Waals surface area contributed by atoms with Crippen LogP contribution in [0.5, 0.6) is 5.75 Å². The molecule has 0 heterocycles. The molecule has 1 nitrogen and oxygen atoms in total. The molecule has 0 saturated heterocycles. The molecule has 116 valence electrons. The maximum Gasteiger partial charge on any atom is 0.119 e. The SMILES string of the molecule is CC(Cc1ccc2c(c1)C(C(C)C)CC2)c1ccccc1O. The number of benzene rings is 2. The number of hydrogen-bond donors (Lipinski definition) is 1. The Morgan fingerprint density at radius 3 is 2.59 bits per heavy atom. The van der Waals surface area contributed by atoms with Gasteiger partial charge in [0.15, 0.2) is 0 Å². The third kappa shape index (κ3) is 2.90. The summed E-state index contributed by atoms with van der Waals surface area (Å²) < 4.78 is 0. The van der Waals surface area contributed by atoms with E-state index in [1.165, 1.54) is 24.0 Å². The molecule has 2 aromatic rings. The van der Waals surface area contributed by atoms with Gasteiger partial charge in [0.1, 0.15) is 5.75 Å². The van der Waals surface area contributed by atoms with Crippen LogP contribution in [0, 0.1) is 5.92 Å². The molecule has 0 aromatic heterocycles. The quantitative estimate of drug-likeness (QED) is 0.797. The Balaban J connectivity index is 1.82. The minimum Gasteiger partial charge on any atom is -0.508 e. The molecule has 0 saturated carbocycles. The average Bonchev–Trinajstić information content (AvgIpc) is 2.91. The van der Waals surface area contributed by atoms with E-state index in [4.69, 9.17) is 0 Å². The molecule has 2 unspecified atom stereocenters. The molecule has 0 radical (unpaired) electrons. The van der Waals surface area contributed by atoms with Gasteiger partial charge in [-0.3, -0.25) is 0 Å². The molecule has 0 amide bonds. The van der Waals surface area contributed by atoms with E-state index in [0.717, 1.165) is 17.9 Å². The third-order valence-electron chi connectivity index (χ3n) is 5.15. The fourth-order valence-electron chi connectivity index (χ4n) is 3.87. The Hall–Kier alpha value is -1.76. The van der Waals surface area contributed by atoms with E-state index in [1.807, 2.05) is 18.2 Å². The van der Waals surface area contributed by atoms with Gasteiger partial charge in [-0.1, -0.05) is 57.2 Å². The second kappa shape index (κ2) is 6.16. The maximum absolute atomic E-state index is 10.0. The fraction of sp³-hybridized carbons (Fsp3) is 0.429. The van der Waals surface area contributed by atoms with E-state index in [2.05, 4.69) is 39.0 Å².